The minimum Gasteiger partial charge on any atom is -0.353 e. The first-order valence-electron chi connectivity index (χ1n) is 6.09. The van der Waals surface area contributed by atoms with E-state index in [9.17, 15) is 0 Å². The molecule has 1 aromatic rings. The van der Waals surface area contributed by atoms with Crippen molar-refractivity contribution < 1.29 is 0 Å². The fraction of sp³-hybridized carbons (Fsp3) is 0.615. The zero-order valence-corrected chi connectivity index (χ0v) is 11.8. The topological polar surface area (TPSA) is 16.1 Å². The summed E-state index contributed by atoms with van der Waals surface area (Å²) in [6.07, 6.45) is 4.25. The van der Waals surface area contributed by atoms with Crippen LogP contribution in [0.2, 0.25) is 5.02 Å². The summed E-state index contributed by atoms with van der Waals surface area (Å²) < 4.78 is 0. The quantitative estimate of drug-likeness (QED) is 0.751. The lowest BCUT2D eigenvalue weighted by Gasteiger charge is -2.26. The van der Waals surface area contributed by atoms with Crippen molar-refractivity contribution in [1.29, 1.82) is 0 Å². The van der Waals surface area contributed by atoms with E-state index in [-0.39, 0.29) is 0 Å². The van der Waals surface area contributed by atoms with Crippen molar-refractivity contribution in [3.63, 3.8) is 0 Å². The summed E-state index contributed by atoms with van der Waals surface area (Å²) >= 11 is 11.9. The number of pyridine rings is 1. The average Bonchev–Trinajstić information content (AvgIpc) is 3.10. The van der Waals surface area contributed by atoms with Gasteiger partial charge in [-0.25, -0.2) is 4.98 Å². The smallest absolute Gasteiger partial charge is 0.129 e. The fourth-order valence-electron chi connectivity index (χ4n) is 1.94. The first-order chi connectivity index (χ1) is 8.11. The van der Waals surface area contributed by atoms with Crippen LogP contribution in [0.15, 0.2) is 12.3 Å². The third-order valence-corrected chi connectivity index (χ3v) is 3.54. The maximum absolute atomic E-state index is 6.04. The van der Waals surface area contributed by atoms with Gasteiger partial charge >= 0.3 is 0 Å². The third kappa shape index (κ3) is 3.26. The van der Waals surface area contributed by atoms with Crippen LogP contribution in [0.3, 0.4) is 0 Å². The maximum atomic E-state index is 6.04. The van der Waals surface area contributed by atoms with Gasteiger partial charge in [-0.1, -0.05) is 25.4 Å². The van der Waals surface area contributed by atoms with Crippen LogP contribution in [-0.2, 0) is 5.88 Å². The number of hydrogen-bond acceptors (Lipinski definition) is 2. The van der Waals surface area contributed by atoms with Crippen LogP contribution >= 0.6 is 23.2 Å². The molecule has 1 saturated carbocycles. The second-order valence-corrected chi connectivity index (χ2v) is 5.72. The van der Waals surface area contributed by atoms with Gasteiger partial charge in [-0.15, -0.1) is 11.6 Å². The van der Waals surface area contributed by atoms with E-state index in [0.29, 0.717) is 22.9 Å². The molecule has 0 N–H and O–H groups in total. The van der Waals surface area contributed by atoms with Gasteiger partial charge in [0, 0.05) is 24.7 Å². The Morgan fingerprint density at radius 1 is 1.47 bits per heavy atom. The Labute approximate surface area is 113 Å². The molecule has 0 saturated heterocycles. The summed E-state index contributed by atoms with van der Waals surface area (Å²) in [5.41, 5.74) is 0.965. The summed E-state index contributed by atoms with van der Waals surface area (Å²) in [7, 11) is 0. The summed E-state index contributed by atoms with van der Waals surface area (Å²) in [5, 5.41) is 0.657. The number of hydrogen-bond donors (Lipinski definition) is 0. The van der Waals surface area contributed by atoms with E-state index in [2.05, 4.69) is 23.7 Å². The molecule has 1 aliphatic carbocycles. The number of halogens is 2. The molecule has 0 atom stereocenters. The molecular formula is C13H18Cl2N2. The number of rotatable bonds is 5. The van der Waals surface area contributed by atoms with Crippen LogP contribution in [-0.4, -0.2) is 17.6 Å². The van der Waals surface area contributed by atoms with Gasteiger partial charge in [-0.2, -0.15) is 0 Å². The highest BCUT2D eigenvalue weighted by Crippen LogP contribution is 2.32. The van der Waals surface area contributed by atoms with Gasteiger partial charge in [0.15, 0.2) is 0 Å². The van der Waals surface area contributed by atoms with Crippen LogP contribution in [0, 0.1) is 5.92 Å². The monoisotopic (exact) mass is 272 g/mol. The number of nitrogens with zero attached hydrogens (tertiary/aromatic N) is 2. The lowest BCUT2D eigenvalue weighted by Crippen LogP contribution is -2.30. The zero-order chi connectivity index (χ0) is 12.4. The molecule has 1 heterocycles. The largest absolute Gasteiger partial charge is 0.353 e. The molecule has 0 aliphatic heterocycles. The summed E-state index contributed by atoms with van der Waals surface area (Å²) in [4.78, 5) is 6.82. The van der Waals surface area contributed by atoms with E-state index in [1.165, 1.54) is 12.8 Å². The van der Waals surface area contributed by atoms with E-state index in [0.717, 1.165) is 17.9 Å². The van der Waals surface area contributed by atoms with Gasteiger partial charge in [-0.3, -0.25) is 0 Å². The second-order valence-electron chi connectivity index (χ2n) is 5.04. The molecule has 4 heteroatoms. The van der Waals surface area contributed by atoms with Gasteiger partial charge in [0.05, 0.1) is 5.02 Å². The van der Waals surface area contributed by atoms with E-state index >= 15 is 0 Å². The van der Waals surface area contributed by atoms with Crippen molar-refractivity contribution in [1.82, 2.24) is 4.98 Å². The Bertz CT molecular complexity index is 389. The molecule has 94 valence electrons. The molecule has 0 radical (unpaired) electrons. The van der Waals surface area contributed by atoms with Crippen LogP contribution in [0.1, 0.15) is 32.3 Å². The van der Waals surface area contributed by atoms with Gasteiger partial charge in [0.25, 0.3) is 0 Å². The maximum Gasteiger partial charge on any atom is 0.129 e. The molecular weight excluding hydrogens is 255 g/mol. The molecule has 2 rings (SSSR count). The normalized spacial score (nSPS) is 15.4. The predicted molar refractivity (Wildman–Crippen MR) is 74.0 cm³/mol. The lowest BCUT2D eigenvalue weighted by molar-refractivity contribution is 0.602. The molecule has 0 spiro atoms. The van der Waals surface area contributed by atoms with Crippen molar-refractivity contribution in [2.75, 3.05) is 11.4 Å². The Morgan fingerprint density at radius 2 is 2.18 bits per heavy atom. The summed E-state index contributed by atoms with van der Waals surface area (Å²) in [6, 6.07) is 2.69. The van der Waals surface area contributed by atoms with E-state index < -0.39 is 0 Å². The molecule has 1 fully saturated rings. The van der Waals surface area contributed by atoms with Crippen molar-refractivity contribution in [2.24, 2.45) is 5.92 Å². The minimum atomic E-state index is 0.439. The van der Waals surface area contributed by atoms with Crippen LogP contribution < -0.4 is 4.90 Å². The highest BCUT2D eigenvalue weighted by Gasteiger charge is 2.30. The Hall–Kier alpha value is -0.470. The summed E-state index contributed by atoms with van der Waals surface area (Å²) in [6.45, 7) is 5.50. The van der Waals surface area contributed by atoms with Gasteiger partial charge in [-0.05, 0) is 30.4 Å². The van der Waals surface area contributed by atoms with Crippen molar-refractivity contribution >= 4 is 29.0 Å². The standard InChI is InChI=1S/C13H18Cl2N2/c1-9(2)8-17(11-3-4-11)13-5-10(6-14)12(15)7-16-13/h5,7,9,11H,3-4,6,8H2,1-2H3. The number of alkyl halides is 1. The second kappa shape index (κ2) is 5.45. The Balaban J connectivity index is 2.22. The van der Waals surface area contributed by atoms with Crippen molar-refractivity contribution in [2.45, 2.75) is 38.6 Å². The summed E-state index contributed by atoms with van der Waals surface area (Å²) in [5.74, 6) is 2.09. The van der Waals surface area contributed by atoms with Crippen LogP contribution in [0.5, 0.6) is 0 Å². The molecule has 1 aromatic heterocycles. The van der Waals surface area contributed by atoms with Gasteiger partial charge < -0.3 is 4.90 Å². The van der Waals surface area contributed by atoms with Crippen molar-refractivity contribution in [3.05, 3.63) is 22.8 Å². The fourth-order valence-corrected chi connectivity index (χ4v) is 2.40. The first-order valence-corrected chi connectivity index (χ1v) is 7.00. The SMILES string of the molecule is CC(C)CN(c1cc(CCl)c(Cl)cn1)C1CC1. The average molecular weight is 273 g/mol. The molecule has 17 heavy (non-hydrogen) atoms. The molecule has 0 bridgehead atoms. The third-order valence-electron chi connectivity index (χ3n) is 2.91. The highest BCUT2D eigenvalue weighted by molar-refractivity contribution is 6.32. The Kier molecular flexibility index (Phi) is 4.16. The lowest BCUT2D eigenvalue weighted by atomic mass is 10.2. The van der Waals surface area contributed by atoms with Crippen LogP contribution in [0.4, 0.5) is 5.82 Å². The van der Waals surface area contributed by atoms with Crippen molar-refractivity contribution in [3.8, 4) is 0 Å². The van der Waals surface area contributed by atoms with Gasteiger partial charge in [0.2, 0.25) is 0 Å². The zero-order valence-electron chi connectivity index (χ0n) is 10.3. The molecule has 1 aliphatic rings. The number of anilines is 1. The number of aromatic nitrogens is 1. The highest BCUT2D eigenvalue weighted by atomic mass is 35.5. The molecule has 2 nitrogen and oxygen atoms in total. The molecule has 0 unspecified atom stereocenters. The Morgan fingerprint density at radius 3 is 2.71 bits per heavy atom. The van der Waals surface area contributed by atoms with Crippen LogP contribution in [0.25, 0.3) is 0 Å². The van der Waals surface area contributed by atoms with E-state index in [1.54, 1.807) is 6.20 Å². The van der Waals surface area contributed by atoms with Gasteiger partial charge in [0.1, 0.15) is 5.82 Å². The van der Waals surface area contributed by atoms with E-state index in [1.807, 2.05) is 6.07 Å². The minimum absolute atomic E-state index is 0.439. The molecule has 0 aromatic carbocycles. The molecule has 0 amide bonds. The first kappa shape index (κ1) is 13.0. The van der Waals surface area contributed by atoms with E-state index in [4.69, 9.17) is 23.2 Å². The predicted octanol–water partition coefficient (Wildman–Crippen LogP) is 4.10.